The number of carbonyl (C=O) groups excluding carboxylic acids is 3. The van der Waals surface area contributed by atoms with Gasteiger partial charge < -0.3 is 34.5 Å². The predicted octanol–water partition coefficient (Wildman–Crippen LogP) is 10.5. The second-order valence-electron chi connectivity index (χ2n) is 19.7. The molecule has 3 N–H and O–H groups in total. The molecule has 1 heterocycles. The Morgan fingerprint density at radius 1 is 0.554 bits per heavy atom. The third kappa shape index (κ3) is 8.94. The Kier molecular flexibility index (Phi) is 13.0. The van der Waals surface area contributed by atoms with Crippen LogP contribution in [0.4, 0.5) is 5.69 Å². The van der Waals surface area contributed by atoms with Gasteiger partial charge in [0.25, 0.3) is 0 Å². The van der Waals surface area contributed by atoms with Crippen LogP contribution in [0.5, 0.6) is 17.2 Å². The number of hydrogen-bond donors (Lipinski definition) is 3. The Balaban J connectivity index is 0.925. The van der Waals surface area contributed by atoms with Crippen LogP contribution in [0.1, 0.15) is 74.6 Å². The molecule has 4 aliphatic rings. The van der Waals surface area contributed by atoms with E-state index < -0.39 is 77.3 Å². The lowest BCUT2D eigenvalue weighted by molar-refractivity contribution is -0.168. The summed E-state index contributed by atoms with van der Waals surface area (Å²) in [6.07, 6.45) is 1.57. The monoisotopic (exact) mass is 987 g/mol. The maximum Gasteiger partial charge on any atom is 0.315 e. The van der Waals surface area contributed by atoms with Crippen LogP contribution in [0.15, 0.2) is 170 Å². The molecular formula is C62H53NO11. The number of ether oxygens (including phenoxy) is 4. The molecule has 2 fully saturated rings. The van der Waals surface area contributed by atoms with Gasteiger partial charge in [-0.05, 0) is 98.5 Å². The van der Waals surface area contributed by atoms with Crippen LogP contribution in [0.2, 0.25) is 0 Å². The molecule has 1 aliphatic heterocycles. The highest BCUT2D eigenvalue weighted by atomic mass is 16.5. The Morgan fingerprint density at radius 3 is 1.73 bits per heavy atom. The number of aliphatic carboxylic acids is 2. The number of hydrogen-bond acceptors (Lipinski definition) is 9. The predicted molar refractivity (Wildman–Crippen MR) is 275 cm³/mol. The number of benzene rings is 7. The molecule has 2 saturated carbocycles. The number of aryl methyl sites for hydroxylation is 1. The van der Waals surface area contributed by atoms with Crippen LogP contribution in [-0.2, 0) is 54.6 Å². The molecule has 0 saturated heterocycles. The summed E-state index contributed by atoms with van der Waals surface area (Å²) in [5, 5.41) is 24.5. The van der Waals surface area contributed by atoms with Gasteiger partial charge in [-0.3, -0.25) is 24.0 Å². The van der Waals surface area contributed by atoms with Crippen LogP contribution in [0.25, 0.3) is 11.1 Å². The fourth-order valence-corrected chi connectivity index (χ4v) is 12.2. The summed E-state index contributed by atoms with van der Waals surface area (Å²) >= 11 is 0. The van der Waals surface area contributed by atoms with Crippen molar-refractivity contribution in [2.24, 2.45) is 23.7 Å². The van der Waals surface area contributed by atoms with Gasteiger partial charge in [0.15, 0.2) is 0 Å². The van der Waals surface area contributed by atoms with Crippen molar-refractivity contribution < 1.29 is 53.1 Å². The van der Waals surface area contributed by atoms with Crippen molar-refractivity contribution in [1.29, 1.82) is 0 Å². The van der Waals surface area contributed by atoms with Crippen LogP contribution in [-0.4, -0.2) is 53.2 Å². The number of methoxy groups -OCH3 is 1. The van der Waals surface area contributed by atoms with Gasteiger partial charge in [-0.15, -0.1) is 0 Å². The van der Waals surface area contributed by atoms with Gasteiger partial charge in [0.2, 0.25) is 5.91 Å². The van der Waals surface area contributed by atoms with Crippen molar-refractivity contribution in [2.45, 2.75) is 62.1 Å². The Hall–Kier alpha value is -8.51. The third-order valence-corrected chi connectivity index (χ3v) is 15.6. The third-order valence-electron chi connectivity index (χ3n) is 15.6. The molecule has 11 rings (SSSR count). The summed E-state index contributed by atoms with van der Waals surface area (Å²) < 4.78 is 25.1. The van der Waals surface area contributed by atoms with Gasteiger partial charge in [0, 0.05) is 48.6 Å². The number of para-hydroxylation sites is 2. The molecule has 7 aromatic rings. The first-order chi connectivity index (χ1) is 36.1. The Morgan fingerprint density at radius 2 is 1.11 bits per heavy atom. The van der Waals surface area contributed by atoms with E-state index in [-0.39, 0.29) is 18.3 Å². The first kappa shape index (κ1) is 47.8. The zero-order chi connectivity index (χ0) is 51.0. The molecule has 0 spiro atoms. The first-order valence-corrected chi connectivity index (χ1v) is 25.0. The normalized spacial score (nSPS) is 22.6. The van der Waals surface area contributed by atoms with Crippen molar-refractivity contribution in [3.63, 3.8) is 0 Å². The van der Waals surface area contributed by atoms with Gasteiger partial charge in [-0.25, -0.2) is 0 Å². The minimum Gasteiger partial charge on any atom is -0.496 e. The maximum atomic E-state index is 14.7. The standard InChI is InChI=1S/C62H53NO11/c1-71-48-22-12-10-20-44(48)53-56(60(67)68)54(58(53)62(70)74-43-31-37-18-8-9-19-38(37)32-43)45-21-11-13-23-49(45)72-34-41-24-27-42(33-46(41)39-25-28-47-40(30-39)26-29-50(64)63-47)73-61(69)57-51(35-14-4-2-5-15-35)55(59(65)66)52(57)36-16-6-3-7-17-36/h2-25,27-28,30,33,43,51-58H,26,29,31-32,34H2,1H3,(H,63,64)(H,65,66)(H,67,68)/t51-,52-,53-,54?,55?,56?,57?,58?/m0/s1. The minimum absolute atomic E-state index is 0.0146. The summed E-state index contributed by atoms with van der Waals surface area (Å²) in [5.41, 5.74) is 8.63. The minimum atomic E-state index is -1.07. The van der Waals surface area contributed by atoms with Crippen LogP contribution < -0.4 is 19.5 Å². The smallest absolute Gasteiger partial charge is 0.315 e. The quantitative estimate of drug-likeness (QED) is 0.0659. The van der Waals surface area contributed by atoms with Crippen molar-refractivity contribution >= 4 is 35.5 Å². The van der Waals surface area contributed by atoms with E-state index in [0.29, 0.717) is 65.1 Å². The average molecular weight is 988 g/mol. The molecule has 0 bridgehead atoms. The highest BCUT2D eigenvalue weighted by Crippen LogP contribution is 2.61. The molecule has 1 amide bonds. The van der Waals surface area contributed by atoms with E-state index in [2.05, 4.69) is 5.32 Å². The molecule has 6 atom stereocenters. The van der Waals surface area contributed by atoms with E-state index in [9.17, 15) is 34.2 Å². The number of nitrogens with one attached hydrogen (secondary N) is 1. The maximum absolute atomic E-state index is 14.7. The number of fused-ring (bicyclic) bond motifs is 2. The van der Waals surface area contributed by atoms with Gasteiger partial charge in [-0.2, -0.15) is 0 Å². The molecule has 12 heteroatoms. The number of amides is 1. The molecule has 372 valence electrons. The second-order valence-corrected chi connectivity index (χ2v) is 19.7. The van der Waals surface area contributed by atoms with Crippen molar-refractivity contribution in [3.05, 3.63) is 214 Å². The van der Waals surface area contributed by atoms with E-state index in [1.807, 2.05) is 127 Å². The average Bonchev–Trinajstić information content (AvgIpc) is 3.81. The Bertz CT molecular complexity index is 3230. The zero-order valence-corrected chi connectivity index (χ0v) is 40.5. The van der Waals surface area contributed by atoms with E-state index in [0.717, 1.165) is 33.4 Å². The SMILES string of the molecule is COc1ccccc1[C@H]1C(C(=O)O)C(c2ccccc2OCc2ccc(OC(=O)C3[C@@H](c4ccccc4)C(C(=O)O)[C@@H]3c3ccccc3)cc2-c2ccc3c(c2)CCC(=O)N3)C1C(=O)OC1Cc2ccccc2C1. The number of anilines is 1. The molecule has 3 aliphatic carbocycles. The molecule has 0 radical (unpaired) electrons. The topological polar surface area (TPSA) is 175 Å². The highest BCUT2D eigenvalue weighted by Gasteiger charge is 2.61. The highest BCUT2D eigenvalue weighted by molar-refractivity contribution is 5.94. The van der Waals surface area contributed by atoms with Crippen LogP contribution in [0.3, 0.4) is 0 Å². The largest absolute Gasteiger partial charge is 0.496 e. The molecule has 74 heavy (non-hydrogen) atoms. The summed E-state index contributed by atoms with van der Waals surface area (Å²) in [6, 6.07) is 51.8. The van der Waals surface area contributed by atoms with Crippen molar-refractivity contribution in [3.8, 4) is 28.4 Å². The molecule has 12 nitrogen and oxygen atoms in total. The summed E-state index contributed by atoms with van der Waals surface area (Å²) in [7, 11) is 1.52. The molecule has 0 aromatic heterocycles. The second kappa shape index (κ2) is 20.2. The van der Waals surface area contributed by atoms with Gasteiger partial charge in [-0.1, -0.05) is 133 Å². The van der Waals surface area contributed by atoms with Crippen LogP contribution >= 0.6 is 0 Å². The molecule has 3 unspecified atom stereocenters. The number of carboxylic acids is 2. The summed E-state index contributed by atoms with van der Waals surface area (Å²) in [4.78, 5) is 68.1. The number of esters is 2. The van der Waals surface area contributed by atoms with E-state index >= 15 is 0 Å². The molecular weight excluding hydrogens is 935 g/mol. The number of carboxylic acid groups (broad SMARTS) is 2. The van der Waals surface area contributed by atoms with Crippen molar-refractivity contribution in [1.82, 2.24) is 0 Å². The lowest BCUT2D eigenvalue weighted by atomic mass is 9.52. The Labute approximate surface area is 427 Å². The number of rotatable bonds is 15. The molecule has 7 aromatic carbocycles. The first-order valence-electron chi connectivity index (χ1n) is 25.0. The van der Waals surface area contributed by atoms with Gasteiger partial charge >= 0.3 is 23.9 Å². The van der Waals surface area contributed by atoms with E-state index in [1.165, 1.54) is 7.11 Å². The summed E-state index contributed by atoms with van der Waals surface area (Å²) in [5.74, 6) is -8.57. The lowest BCUT2D eigenvalue weighted by Crippen LogP contribution is -2.52. The van der Waals surface area contributed by atoms with Gasteiger partial charge in [0.05, 0.1) is 30.8 Å². The van der Waals surface area contributed by atoms with E-state index in [1.54, 1.807) is 42.5 Å². The van der Waals surface area contributed by atoms with Gasteiger partial charge in [0.1, 0.15) is 30.0 Å². The fourth-order valence-electron chi connectivity index (χ4n) is 12.2. The van der Waals surface area contributed by atoms with E-state index in [4.69, 9.17) is 18.9 Å². The van der Waals surface area contributed by atoms with Crippen molar-refractivity contribution in [2.75, 3.05) is 12.4 Å². The zero-order valence-electron chi connectivity index (χ0n) is 40.5. The fraction of sp³-hybridized carbons (Fsp3) is 0.242. The number of carbonyl (C=O) groups is 5. The van der Waals surface area contributed by atoms with Crippen LogP contribution in [0, 0.1) is 23.7 Å². The summed E-state index contributed by atoms with van der Waals surface area (Å²) in [6.45, 7) is -0.0146. The lowest BCUT2D eigenvalue weighted by Gasteiger charge is -2.49.